The minimum absolute atomic E-state index is 0.0600. The van der Waals surface area contributed by atoms with Crippen LogP contribution in [0.15, 0.2) is 51.6 Å². The average molecular weight is 379 g/mol. The van der Waals surface area contributed by atoms with Gasteiger partial charge in [0.1, 0.15) is 0 Å². The van der Waals surface area contributed by atoms with Crippen LogP contribution in [0.1, 0.15) is 54.1 Å². The first-order valence-electron chi connectivity index (χ1n) is 9.95. The summed E-state index contributed by atoms with van der Waals surface area (Å²) in [5.41, 5.74) is 2.11. The van der Waals surface area contributed by atoms with Crippen LogP contribution in [0.3, 0.4) is 0 Å². The van der Waals surface area contributed by atoms with E-state index >= 15 is 0 Å². The summed E-state index contributed by atoms with van der Waals surface area (Å²) in [4.78, 5) is 19.4. The Morgan fingerprint density at radius 2 is 1.93 bits per heavy atom. The van der Waals surface area contributed by atoms with Crippen molar-refractivity contribution >= 4 is 5.91 Å². The maximum atomic E-state index is 13.0. The molecule has 28 heavy (non-hydrogen) atoms. The Labute approximate surface area is 164 Å². The summed E-state index contributed by atoms with van der Waals surface area (Å²) in [6, 6.07) is 11.7. The zero-order valence-electron chi connectivity index (χ0n) is 16.1. The molecule has 1 fully saturated rings. The number of hydrogen-bond acceptors (Lipinski definition) is 5. The molecule has 0 spiro atoms. The first-order chi connectivity index (χ1) is 13.7. The highest BCUT2D eigenvalue weighted by atomic mass is 16.5. The molecule has 3 aromatic rings. The van der Waals surface area contributed by atoms with Crippen molar-refractivity contribution in [2.75, 3.05) is 6.54 Å². The minimum atomic E-state index is -0.0600. The fourth-order valence-corrected chi connectivity index (χ4v) is 3.78. The van der Waals surface area contributed by atoms with Crippen molar-refractivity contribution in [3.63, 3.8) is 0 Å². The third kappa shape index (κ3) is 4.16. The Morgan fingerprint density at radius 3 is 2.64 bits per heavy atom. The lowest BCUT2D eigenvalue weighted by molar-refractivity contribution is 0.0599. The standard InChI is InChI=1S/C22H25N3O3/c1-16-9-11-17(12-10-16)21-23-20(28-24-21)13-14-25(18-6-3-2-4-7-18)22(26)19-8-5-15-27-19/h5,8-12,15,18H,2-4,6-7,13-14H2,1H3. The van der Waals surface area contributed by atoms with Gasteiger partial charge in [-0.15, -0.1) is 0 Å². The van der Waals surface area contributed by atoms with Crippen molar-refractivity contribution in [3.05, 3.63) is 59.9 Å². The van der Waals surface area contributed by atoms with Gasteiger partial charge in [-0.1, -0.05) is 54.2 Å². The van der Waals surface area contributed by atoms with Gasteiger partial charge >= 0.3 is 0 Å². The molecule has 0 atom stereocenters. The second kappa shape index (κ2) is 8.42. The van der Waals surface area contributed by atoms with E-state index in [9.17, 15) is 4.79 Å². The van der Waals surface area contributed by atoms with Crippen LogP contribution in [0.25, 0.3) is 11.4 Å². The SMILES string of the molecule is Cc1ccc(-c2noc(CCN(C(=O)c3ccco3)C3CCCCC3)n2)cc1. The molecule has 0 unspecified atom stereocenters. The maximum Gasteiger partial charge on any atom is 0.289 e. The quantitative estimate of drug-likeness (QED) is 0.623. The zero-order chi connectivity index (χ0) is 19.3. The predicted molar refractivity (Wildman–Crippen MR) is 105 cm³/mol. The van der Waals surface area contributed by atoms with Crippen molar-refractivity contribution in [3.8, 4) is 11.4 Å². The molecule has 0 radical (unpaired) electrons. The monoisotopic (exact) mass is 379 g/mol. The maximum absolute atomic E-state index is 13.0. The van der Waals surface area contributed by atoms with Gasteiger partial charge in [0.25, 0.3) is 5.91 Å². The molecule has 1 saturated carbocycles. The summed E-state index contributed by atoms with van der Waals surface area (Å²) in [5.74, 6) is 1.45. The van der Waals surface area contributed by atoms with Crippen LogP contribution in [0.2, 0.25) is 0 Å². The lowest BCUT2D eigenvalue weighted by Gasteiger charge is -2.33. The van der Waals surface area contributed by atoms with Crippen molar-refractivity contribution in [2.24, 2.45) is 0 Å². The number of aromatic nitrogens is 2. The van der Waals surface area contributed by atoms with Crippen LogP contribution in [0.5, 0.6) is 0 Å². The van der Waals surface area contributed by atoms with Gasteiger partial charge in [0.2, 0.25) is 11.7 Å². The Hall–Kier alpha value is -2.89. The van der Waals surface area contributed by atoms with Gasteiger partial charge in [-0.25, -0.2) is 0 Å². The van der Waals surface area contributed by atoms with Gasteiger partial charge in [0, 0.05) is 24.6 Å². The lowest BCUT2D eigenvalue weighted by Crippen LogP contribution is -2.42. The molecule has 1 amide bonds. The molecule has 146 valence electrons. The van der Waals surface area contributed by atoms with E-state index in [1.165, 1.54) is 18.2 Å². The molecule has 2 aromatic heterocycles. The van der Waals surface area contributed by atoms with Crippen molar-refractivity contribution in [2.45, 2.75) is 51.5 Å². The summed E-state index contributed by atoms with van der Waals surface area (Å²) in [7, 11) is 0. The zero-order valence-corrected chi connectivity index (χ0v) is 16.1. The summed E-state index contributed by atoms with van der Waals surface area (Å²) < 4.78 is 10.8. The first kappa shape index (κ1) is 18.5. The van der Waals surface area contributed by atoms with Gasteiger partial charge in [0.05, 0.1) is 6.26 Å². The fraction of sp³-hybridized carbons (Fsp3) is 0.409. The molecule has 0 aliphatic heterocycles. The van der Waals surface area contributed by atoms with E-state index in [4.69, 9.17) is 8.94 Å². The van der Waals surface area contributed by atoms with E-state index in [2.05, 4.69) is 10.1 Å². The number of amides is 1. The Kier molecular flexibility index (Phi) is 5.55. The lowest BCUT2D eigenvalue weighted by atomic mass is 9.94. The molecule has 1 aliphatic carbocycles. The first-order valence-corrected chi connectivity index (χ1v) is 9.95. The van der Waals surface area contributed by atoms with Crippen LogP contribution in [0.4, 0.5) is 0 Å². The van der Waals surface area contributed by atoms with E-state index in [1.54, 1.807) is 12.1 Å². The van der Waals surface area contributed by atoms with Crippen molar-refractivity contribution in [1.29, 1.82) is 0 Å². The number of furan rings is 1. The minimum Gasteiger partial charge on any atom is -0.459 e. The Bertz CT molecular complexity index is 894. The smallest absolute Gasteiger partial charge is 0.289 e. The summed E-state index contributed by atoms with van der Waals surface area (Å²) >= 11 is 0. The molecular formula is C22H25N3O3. The number of nitrogens with zero attached hydrogens (tertiary/aromatic N) is 3. The van der Waals surface area contributed by atoms with Crippen LogP contribution >= 0.6 is 0 Å². The molecule has 6 heteroatoms. The Morgan fingerprint density at radius 1 is 1.14 bits per heavy atom. The highest BCUT2D eigenvalue weighted by molar-refractivity contribution is 5.91. The number of rotatable bonds is 6. The average Bonchev–Trinajstić information content (AvgIpc) is 3.42. The fourth-order valence-electron chi connectivity index (χ4n) is 3.78. The number of carbonyl (C=O) groups excluding carboxylic acids is 1. The van der Waals surface area contributed by atoms with Crippen molar-refractivity contribution < 1.29 is 13.7 Å². The molecule has 0 N–H and O–H groups in total. The second-order valence-electron chi connectivity index (χ2n) is 7.40. The van der Waals surface area contributed by atoms with Crippen LogP contribution in [-0.2, 0) is 6.42 Å². The third-order valence-corrected chi connectivity index (χ3v) is 5.35. The van der Waals surface area contributed by atoms with Crippen LogP contribution < -0.4 is 0 Å². The molecular weight excluding hydrogens is 354 g/mol. The van der Waals surface area contributed by atoms with Crippen LogP contribution in [0, 0.1) is 6.92 Å². The van der Waals surface area contributed by atoms with Gasteiger partial charge in [-0.2, -0.15) is 4.98 Å². The van der Waals surface area contributed by atoms with Gasteiger partial charge < -0.3 is 13.8 Å². The van der Waals surface area contributed by atoms with Gasteiger partial charge in [-0.3, -0.25) is 4.79 Å². The molecule has 6 nitrogen and oxygen atoms in total. The molecule has 1 aromatic carbocycles. The van der Waals surface area contributed by atoms with Crippen LogP contribution in [-0.4, -0.2) is 33.5 Å². The van der Waals surface area contributed by atoms with Gasteiger partial charge in [0.15, 0.2) is 5.76 Å². The number of hydrogen-bond donors (Lipinski definition) is 0. The third-order valence-electron chi connectivity index (χ3n) is 5.35. The highest BCUT2D eigenvalue weighted by Crippen LogP contribution is 2.25. The molecule has 0 saturated heterocycles. The predicted octanol–water partition coefficient (Wildman–Crippen LogP) is 4.66. The summed E-state index contributed by atoms with van der Waals surface area (Å²) in [6.45, 7) is 2.58. The van der Waals surface area contributed by atoms with E-state index < -0.39 is 0 Å². The van der Waals surface area contributed by atoms with E-state index in [1.807, 2.05) is 36.1 Å². The van der Waals surface area contributed by atoms with E-state index in [0.717, 1.165) is 31.2 Å². The van der Waals surface area contributed by atoms with Crippen molar-refractivity contribution in [1.82, 2.24) is 15.0 Å². The number of aryl methyl sites for hydroxylation is 1. The number of benzene rings is 1. The van der Waals surface area contributed by atoms with E-state index in [-0.39, 0.29) is 11.9 Å². The second-order valence-corrected chi connectivity index (χ2v) is 7.40. The van der Waals surface area contributed by atoms with E-state index in [0.29, 0.717) is 30.4 Å². The molecule has 0 bridgehead atoms. The summed E-state index contributed by atoms with van der Waals surface area (Å²) in [5, 5.41) is 4.09. The molecule has 4 rings (SSSR count). The molecule has 1 aliphatic rings. The largest absolute Gasteiger partial charge is 0.459 e. The normalized spacial score (nSPS) is 14.9. The summed E-state index contributed by atoms with van der Waals surface area (Å²) in [6.07, 6.45) is 7.69. The highest BCUT2D eigenvalue weighted by Gasteiger charge is 2.28. The number of carbonyl (C=O) groups is 1. The van der Waals surface area contributed by atoms with Gasteiger partial charge in [-0.05, 0) is 31.9 Å². The topological polar surface area (TPSA) is 72.4 Å². The molecule has 2 heterocycles. The Balaban J connectivity index is 1.46.